The molecule has 18 heavy (non-hydrogen) atoms. The van der Waals surface area contributed by atoms with Crippen LogP contribution in [0.15, 0.2) is 24.3 Å². The van der Waals surface area contributed by atoms with Gasteiger partial charge in [0.05, 0.1) is 12.8 Å². The first kappa shape index (κ1) is 12.5. The van der Waals surface area contributed by atoms with Crippen LogP contribution < -0.4 is 10.1 Å². The maximum absolute atomic E-state index is 5.15. The van der Waals surface area contributed by atoms with Crippen LogP contribution >= 0.6 is 0 Å². The molecule has 1 heterocycles. The van der Waals surface area contributed by atoms with Crippen molar-refractivity contribution >= 4 is 5.82 Å². The van der Waals surface area contributed by atoms with Gasteiger partial charge >= 0.3 is 0 Å². The highest BCUT2D eigenvalue weighted by Crippen LogP contribution is 2.27. The number of hydrogen-bond donors (Lipinski definition) is 2. The number of methoxy groups -OCH3 is 1. The zero-order valence-corrected chi connectivity index (χ0v) is 11.2. The number of nitrogens with zero attached hydrogens (tertiary/aromatic N) is 1. The van der Waals surface area contributed by atoms with Crippen molar-refractivity contribution in [2.75, 3.05) is 12.4 Å². The molecule has 2 rings (SSSR count). The minimum atomic E-state index is 0.371. The molecule has 2 N–H and O–H groups in total. The van der Waals surface area contributed by atoms with E-state index >= 15 is 0 Å². The average molecular weight is 245 g/mol. The standard InChI is InChI=1S/C14H19N3O/c1-9(2)15-14-10(3)13(16-17-14)11-5-7-12(18-4)8-6-11/h5-9H,1-4H3,(H2,15,16,17). The highest BCUT2D eigenvalue weighted by atomic mass is 16.5. The summed E-state index contributed by atoms with van der Waals surface area (Å²) in [5.41, 5.74) is 3.28. The molecule has 2 aromatic rings. The third-order valence-corrected chi connectivity index (χ3v) is 2.81. The summed E-state index contributed by atoms with van der Waals surface area (Å²) in [6.45, 7) is 6.26. The fourth-order valence-corrected chi connectivity index (χ4v) is 1.85. The lowest BCUT2D eigenvalue weighted by atomic mass is 10.1. The Labute approximate surface area is 107 Å². The minimum absolute atomic E-state index is 0.371. The number of nitrogens with one attached hydrogen (secondary N) is 2. The van der Waals surface area contributed by atoms with Gasteiger partial charge < -0.3 is 10.1 Å². The summed E-state index contributed by atoms with van der Waals surface area (Å²) >= 11 is 0. The van der Waals surface area contributed by atoms with Gasteiger partial charge in [-0.05, 0) is 45.0 Å². The molecule has 1 aromatic carbocycles. The molecule has 0 fully saturated rings. The molecule has 0 unspecified atom stereocenters. The second-order valence-electron chi connectivity index (χ2n) is 4.60. The van der Waals surface area contributed by atoms with Crippen molar-refractivity contribution in [3.8, 4) is 17.0 Å². The Morgan fingerprint density at radius 2 is 1.89 bits per heavy atom. The van der Waals surface area contributed by atoms with E-state index in [1.165, 1.54) is 0 Å². The number of anilines is 1. The fourth-order valence-electron chi connectivity index (χ4n) is 1.85. The zero-order chi connectivity index (χ0) is 13.1. The molecule has 0 saturated carbocycles. The quantitative estimate of drug-likeness (QED) is 0.869. The number of rotatable bonds is 4. The number of ether oxygens (including phenoxy) is 1. The Balaban J connectivity index is 2.30. The number of aromatic amines is 1. The molecule has 0 spiro atoms. The van der Waals surface area contributed by atoms with E-state index in [0.717, 1.165) is 28.4 Å². The summed E-state index contributed by atoms with van der Waals surface area (Å²) < 4.78 is 5.15. The Morgan fingerprint density at radius 1 is 1.22 bits per heavy atom. The van der Waals surface area contributed by atoms with Crippen LogP contribution in [0.5, 0.6) is 5.75 Å². The predicted octanol–water partition coefficient (Wildman–Crippen LogP) is 3.21. The van der Waals surface area contributed by atoms with Crippen molar-refractivity contribution in [2.45, 2.75) is 26.8 Å². The van der Waals surface area contributed by atoms with Crippen molar-refractivity contribution in [1.29, 1.82) is 0 Å². The first-order chi connectivity index (χ1) is 8.61. The van der Waals surface area contributed by atoms with E-state index in [2.05, 4.69) is 36.3 Å². The second-order valence-corrected chi connectivity index (χ2v) is 4.60. The summed E-state index contributed by atoms with van der Waals surface area (Å²) in [5, 5.41) is 10.7. The van der Waals surface area contributed by atoms with Gasteiger partial charge in [-0.1, -0.05) is 0 Å². The van der Waals surface area contributed by atoms with E-state index in [9.17, 15) is 0 Å². The molecule has 0 radical (unpaired) electrons. The lowest BCUT2D eigenvalue weighted by Gasteiger charge is -2.07. The number of hydrogen-bond acceptors (Lipinski definition) is 3. The van der Waals surface area contributed by atoms with Gasteiger partial charge in [-0.25, -0.2) is 0 Å². The smallest absolute Gasteiger partial charge is 0.151 e. The van der Waals surface area contributed by atoms with Crippen LogP contribution in [-0.4, -0.2) is 23.3 Å². The molecule has 4 heteroatoms. The first-order valence-electron chi connectivity index (χ1n) is 6.07. The van der Waals surface area contributed by atoms with Crippen LogP contribution in [0.3, 0.4) is 0 Å². The Hall–Kier alpha value is -1.97. The lowest BCUT2D eigenvalue weighted by Crippen LogP contribution is -2.10. The van der Waals surface area contributed by atoms with Crippen molar-refractivity contribution in [2.24, 2.45) is 0 Å². The van der Waals surface area contributed by atoms with Crippen LogP contribution in [0.4, 0.5) is 5.82 Å². The highest BCUT2D eigenvalue weighted by molar-refractivity contribution is 5.69. The summed E-state index contributed by atoms with van der Waals surface area (Å²) in [6, 6.07) is 8.32. The van der Waals surface area contributed by atoms with Gasteiger partial charge in [0.2, 0.25) is 0 Å². The molecule has 0 aliphatic rings. The third-order valence-electron chi connectivity index (χ3n) is 2.81. The normalized spacial score (nSPS) is 10.7. The largest absolute Gasteiger partial charge is 0.497 e. The van der Waals surface area contributed by atoms with Crippen LogP contribution in [-0.2, 0) is 0 Å². The molecule has 0 amide bonds. The first-order valence-corrected chi connectivity index (χ1v) is 6.07. The van der Waals surface area contributed by atoms with E-state index in [0.29, 0.717) is 6.04 Å². The topological polar surface area (TPSA) is 49.9 Å². The van der Waals surface area contributed by atoms with Crippen molar-refractivity contribution in [3.05, 3.63) is 29.8 Å². The van der Waals surface area contributed by atoms with E-state index in [-0.39, 0.29) is 0 Å². The average Bonchev–Trinajstić information content (AvgIpc) is 2.71. The molecule has 96 valence electrons. The number of aromatic nitrogens is 2. The predicted molar refractivity (Wildman–Crippen MR) is 74.1 cm³/mol. The van der Waals surface area contributed by atoms with Crippen LogP contribution in [0.2, 0.25) is 0 Å². The van der Waals surface area contributed by atoms with Gasteiger partial charge in [0.15, 0.2) is 5.82 Å². The highest BCUT2D eigenvalue weighted by Gasteiger charge is 2.11. The molecule has 0 aliphatic carbocycles. The minimum Gasteiger partial charge on any atom is -0.497 e. The summed E-state index contributed by atoms with van der Waals surface area (Å²) in [7, 11) is 1.67. The molecule has 0 saturated heterocycles. The van der Waals surface area contributed by atoms with E-state index < -0.39 is 0 Å². The van der Waals surface area contributed by atoms with Gasteiger partial charge in [-0.2, -0.15) is 5.10 Å². The molecule has 1 aromatic heterocycles. The number of benzene rings is 1. The molecule has 4 nitrogen and oxygen atoms in total. The second kappa shape index (κ2) is 5.12. The van der Waals surface area contributed by atoms with Crippen LogP contribution in [0, 0.1) is 6.92 Å². The van der Waals surface area contributed by atoms with Crippen molar-refractivity contribution in [3.63, 3.8) is 0 Å². The van der Waals surface area contributed by atoms with E-state index in [4.69, 9.17) is 4.74 Å². The van der Waals surface area contributed by atoms with Gasteiger partial charge in [0, 0.05) is 17.2 Å². The van der Waals surface area contributed by atoms with Gasteiger partial charge in [0.1, 0.15) is 5.75 Å². The van der Waals surface area contributed by atoms with E-state index in [1.807, 2.05) is 24.3 Å². The molecular weight excluding hydrogens is 226 g/mol. The molecule has 0 aliphatic heterocycles. The zero-order valence-electron chi connectivity index (χ0n) is 11.2. The SMILES string of the molecule is COc1ccc(-c2[nH]nc(NC(C)C)c2C)cc1. The van der Waals surface area contributed by atoms with Crippen molar-refractivity contribution in [1.82, 2.24) is 10.2 Å². The molecular formula is C14H19N3O. The third kappa shape index (κ3) is 2.47. The van der Waals surface area contributed by atoms with Crippen LogP contribution in [0.25, 0.3) is 11.3 Å². The van der Waals surface area contributed by atoms with E-state index in [1.54, 1.807) is 7.11 Å². The monoisotopic (exact) mass is 245 g/mol. The lowest BCUT2D eigenvalue weighted by molar-refractivity contribution is 0.415. The fraction of sp³-hybridized carbons (Fsp3) is 0.357. The Kier molecular flexibility index (Phi) is 3.55. The number of H-pyrrole nitrogens is 1. The molecule has 0 bridgehead atoms. The summed E-state index contributed by atoms with van der Waals surface area (Å²) in [6.07, 6.45) is 0. The molecule has 0 atom stereocenters. The van der Waals surface area contributed by atoms with Crippen molar-refractivity contribution < 1.29 is 4.74 Å². The van der Waals surface area contributed by atoms with Gasteiger partial charge in [-0.3, -0.25) is 5.10 Å². The summed E-state index contributed by atoms with van der Waals surface area (Å²) in [5.74, 6) is 1.77. The Bertz CT molecular complexity index is 514. The Morgan fingerprint density at radius 3 is 2.44 bits per heavy atom. The van der Waals surface area contributed by atoms with Gasteiger partial charge in [0.25, 0.3) is 0 Å². The van der Waals surface area contributed by atoms with Gasteiger partial charge in [-0.15, -0.1) is 0 Å². The summed E-state index contributed by atoms with van der Waals surface area (Å²) in [4.78, 5) is 0. The van der Waals surface area contributed by atoms with Crippen LogP contribution in [0.1, 0.15) is 19.4 Å². The maximum Gasteiger partial charge on any atom is 0.151 e. The maximum atomic E-state index is 5.15.